The molecule has 0 bridgehead atoms. The summed E-state index contributed by atoms with van der Waals surface area (Å²) in [7, 11) is 0. The average Bonchev–Trinajstić information content (AvgIpc) is 2.65. The molecule has 0 aromatic heterocycles. The van der Waals surface area contributed by atoms with Crippen LogP contribution < -0.4 is 0 Å². The van der Waals surface area contributed by atoms with Crippen LogP contribution in [0.2, 0.25) is 0 Å². The lowest BCUT2D eigenvalue weighted by Crippen LogP contribution is -2.29. The quantitative estimate of drug-likeness (QED) is 0.780. The van der Waals surface area contributed by atoms with Gasteiger partial charge in [0.25, 0.3) is 5.91 Å². The molecule has 1 aliphatic rings. The van der Waals surface area contributed by atoms with Crippen molar-refractivity contribution in [1.29, 1.82) is 0 Å². The van der Waals surface area contributed by atoms with Gasteiger partial charge in [-0.1, -0.05) is 43.2 Å². The second-order valence-electron chi connectivity index (χ2n) is 4.60. The lowest BCUT2D eigenvalue weighted by molar-refractivity contribution is -0.123. The highest BCUT2D eigenvalue weighted by Crippen LogP contribution is 2.20. The molecule has 1 aromatic carbocycles. The minimum Gasteiger partial charge on any atom is -0.404 e. The molecule has 19 heavy (non-hydrogen) atoms. The van der Waals surface area contributed by atoms with E-state index in [1.807, 2.05) is 38.1 Å². The summed E-state index contributed by atoms with van der Waals surface area (Å²) in [4.78, 5) is 24.7. The second kappa shape index (κ2) is 5.69. The van der Waals surface area contributed by atoms with Crippen LogP contribution in [-0.2, 0) is 9.53 Å². The largest absolute Gasteiger partial charge is 0.422 e. The Labute approximate surface area is 112 Å². The molecule has 4 heteroatoms. The first-order valence-corrected chi connectivity index (χ1v) is 6.44. The fourth-order valence-corrected chi connectivity index (χ4v) is 1.82. The summed E-state index contributed by atoms with van der Waals surface area (Å²) in [6.07, 6.45) is 2.75. The summed E-state index contributed by atoms with van der Waals surface area (Å²) in [6, 6.07) is 7.67. The van der Waals surface area contributed by atoms with Gasteiger partial charge in [0.1, 0.15) is 0 Å². The van der Waals surface area contributed by atoms with Crippen molar-refractivity contribution in [2.45, 2.75) is 26.7 Å². The molecule has 2 amide bonds. The van der Waals surface area contributed by atoms with Crippen LogP contribution >= 0.6 is 0 Å². The molecule has 0 radical (unpaired) electrons. The number of amides is 2. The van der Waals surface area contributed by atoms with Crippen LogP contribution in [0.3, 0.4) is 0 Å². The van der Waals surface area contributed by atoms with Crippen molar-refractivity contribution in [3.63, 3.8) is 0 Å². The summed E-state index contributed by atoms with van der Waals surface area (Å²) < 4.78 is 5.02. The number of benzene rings is 1. The predicted molar refractivity (Wildman–Crippen MR) is 72.3 cm³/mol. The van der Waals surface area contributed by atoms with E-state index < -0.39 is 6.09 Å². The van der Waals surface area contributed by atoms with Crippen LogP contribution in [0.25, 0.3) is 6.08 Å². The highest BCUT2D eigenvalue weighted by molar-refractivity contribution is 6.09. The van der Waals surface area contributed by atoms with Gasteiger partial charge < -0.3 is 4.74 Å². The maximum Gasteiger partial charge on any atom is 0.422 e. The molecule has 0 saturated carbocycles. The monoisotopic (exact) mass is 259 g/mol. The number of carbonyl (C=O) groups excluding carboxylic acids is 2. The van der Waals surface area contributed by atoms with Gasteiger partial charge in [0.2, 0.25) is 0 Å². The zero-order chi connectivity index (χ0) is 13.8. The first-order valence-electron chi connectivity index (χ1n) is 6.44. The second-order valence-corrected chi connectivity index (χ2v) is 4.60. The predicted octanol–water partition coefficient (Wildman–Crippen LogP) is 3.11. The molecule has 0 spiro atoms. The molecule has 1 fully saturated rings. The van der Waals surface area contributed by atoms with Crippen LogP contribution in [0, 0.1) is 6.92 Å². The number of ether oxygens (including phenoxy) is 1. The summed E-state index contributed by atoms with van der Waals surface area (Å²) in [5, 5.41) is 0. The molecular formula is C15H17NO3. The van der Waals surface area contributed by atoms with Crippen molar-refractivity contribution in [2.75, 3.05) is 6.54 Å². The number of imide groups is 1. The number of hydrogen-bond acceptors (Lipinski definition) is 3. The number of hydrogen-bond donors (Lipinski definition) is 0. The molecule has 0 atom stereocenters. The standard InChI is InChI=1S/C15H17NO3/c1-3-4-9-16-14(17)13(19-15(16)18)10-12-7-5-11(2)6-8-12/h5-8,10H,3-4,9H2,1-2H3/b13-10-. The van der Waals surface area contributed by atoms with Gasteiger partial charge >= 0.3 is 6.09 Å². The fourth-order valence-electron chi connectivity index (χ4n) is 1.82. The number of cyclic esters (lactones) is 1. The van der Waals surface area contributed by atoms with Crippen molar-refractivity contribution >= 4 is 18.1 Å². The Kier molecular flexibility index (Phi) is 4.00. The smallest absolute Gasteiger partial charge is 0.404 e. The molecule has 1 aliphatic heterocycles. The van der Waals surface area contributed by atoms with Gasteiger partial charge in [-0.05, 0) is 25.0 Å². The Morgan fingerprint density at radius 3 is 2.53 bits per heavy atom. The molecule has 2 rings (SSSR count). The lowest BCUT2D eigenvalue weighted by Gasteiger charge is -2.07. The third-order valence-electron chi connectivity index (χ3n) is 2.98. The van der Waals surface area contributed by atoms with Crippen molar-refractivity contribution < 1.29 is 14.3 Å². The Bertz CT molecular complexity index is 517. The van der Waals surface area contributed by atoms with Crippen molar-refractivity contribution in [2.24, 2.45) is 0 Å². The Balaban J connectivity index is 2.16. The highest BCUT2D eigenvalue weighted by atomic mass is 16.6. The third kappa shape index (κ3) is 3.02. The number of rotatable bonds is 4. The molecule has 0 unspecified atom stereocenters. The molecule has 0 N–H and O–H groups in total. The van der Waals surface area contributed by atoms with E-state index in [-0.39, 0.29) is 11.7 Å². The van der Waals surface area contributed by atoms with Gasteiger partial charge in [-0.2, -0.15) is 0 Å². The number of unbranched alkanes of at least 4 members (excludes halogenated alkanes) is 1. The highest BCUT2D eigenvalue weighted by Gasteiger charge is 2.35. The van der Waals surface area contributed by atoms with Crippen LogP contribution in [-0.4, -0.2) is 23.4 Å². The van der Waals surface area contributed by atoms with Crippen molar-refractivity contribution in [3.05, 3.63) is 41.2 Å². The van der Waals surface area contributed by atoms with E-state index in [0.29, 0.717) is 6.54 Å². The number of carbonyl (C=O) groups is 2. The van der Waals surface area contributed by atoms with Crippen LogP contribution in [0.4, 0.5) is 4.79 Å². The van der Waals surface area contributed by atoms with Crippen LogP contribution in [0.1, 0.15) is 30.9 Å². The van der Waals surface area contributed by atoms with Crippen LogP contribution in [0.15, 0.2) is 30.0 Å². The maximum atomic E-state index is 12.0. The molecular weight excluding hydrogens is 242 g/mol. The van der Waals surface area contributed by atoms with Crippen molar-refractivity contribution in [3.8, 4) is 0 Å². The zero-order valence-corrected chi connectivity index (χ0v) is 11.2. The molecule has 1 aromatic rings. The first kappa shape index (κ1) is 13.3. The molecule has 4 nitrogen and oxygen atoms in total. The topological polar surface area (TPSA) is 46.6 Å². The van der Waals surface area contributed by atoms with Gasteiger partial charge in [0, 0.05) is 6.54 Å². The summed E-state index contributed by atoms with van der Waals surface area (Å²) in [5.74, 6) is -0.246. The van der Waals surface area contributed by atoms with Crippen LogP contribution in [0.5, 0.6) is 0 Å². The first-order chi connectivity index (χ1) is 9.11. The fraction of sp³-hybridized carbons (Fsp3) is 0.333. The van der Waals surface area contributed by atoms with Gasteiger partial charge in [0.15, 0.2) is 5.76 Å². The van der Waals surface area contributed by atoms with E-state index in [1.54, 1.807) is 6.08 Å². The summed E-state index contributed by atoms with van der Waals surface area (Å²) in [6.45, 7) is 4.42. The van der Waals surface area contributed by atoms with Gasteiger partial charge in [0.05, 0.1) is 0 Å². The van der Waals surface area contributed by atoms with E-state index in [1.165, 1.54) is 0 Å². The van der Waals surface area contributed by atoms with Gasteiger partial charge in [-0.15, -0.1) is 0 Å². The molecule has 100 valence electrons. The van der Waals surface area contributed by atoms with E-state index in [0.717, 1.165) is 28.9 Å². The zero-order valence-electron chi connectivity index (χ0n) is 11.2. The minimum absolute atomic E-state index is 0.102. The van der Waals surface area contributed by atoms with Gasteiger partial charge in [-0.3, -0.25) is 4.79 Å². The molecule has 1 heterocycles. The summed E-state index contributed by atoms with van der Waals surface area (Å²) >= 11 is 0. The van der Waals surface area contributed by atoms with E-state index in [4.69, 9.17) is 4.74 Å². The Hall–Kier alpha value is -2.10. The Morgan fingerprint density at radius 2 is 1.89 bits per heavy atom. The number of aryl methyl sites for hydroxylation is 1. The normalized spacial score (nSPS) is 17.2. The van der Waals surface area contributed by atoms with Gasteiger partial charge in [-0.25, -0.2) is 9.69 Å². The van der Waals surface area contributed by atoms with Crippen molar-refractivity contribution in [1.82, 2.24) is 4.90 Å². The molecule has 0 aliphatic carbocycles. The lowest BCUT2D eigenvalue weighted by atomic mass is 10.1. The summed E-state index contributed by atoms with van der Waals surface area (Å²) in [5.41, 5.74) is 1.99. The molecule has 1 saturated heterocycles. The maximum absolute atomic E-state index is 12.0. The Morgan fingerprint density at radius 1 is 1.21 bits per heavy atom. The van der Waals surface area contributed by atoms with E-state index in [2.05, 4.69) is 0 Å². The SMILES string of the molecule is CCCCN1C(=O)O/C(=C\c2ccc(C)cc2)C1=O. The van der Waals surface area contributed by atoms with E-state index in [9.17, 15) is 9.59 Å². The van der Waals surface area contributed by atoms with E-state index >= 15 is 0 Å². The number of nitrogens with zero attached hydrogens (tertiary/aromatic N) is 1. The third-order valence-corrected chi connectivity index (χ3v) is 2.98. The average molecular weight is 259 g/mol. The minimum atomic E-state index is -0.572.